The number of amides is 2. The Morgan fingerprint density at radius 2 is 2.12 bits per heavy atom. The maximum atomic E-state index is 12.2. The molecule has 0 aromatic rings. The van der Waals surface area contributed by atoms with Crippen LogP contribution in [0, 0.1) is 0 Å². The molecule has 2 saturated heterocycles. The number of piperazine rings is 1. The minimum absolute atomic E-state index is 0.0867. The Morgan fingerprint density at radius 3 is 2.82 bits per heavy atom. The van der Waals surface area contributed by atoms with Crippen molar-refractivity contribution in [3.8, 4) is 0 Å². The third-order valence-corrected chi connectivity index (χ3v) is 3.61. The first-order valence-corrected chi connectivity index (χ1v) is 6.35. The van der Waals surface area contributed by atoms with E-state index in [1.807, 2.05) is 6.92 Å². The maximum Gasteiger partial charge on any atom is 0.246 e. The van der Waals surface area contributed by atoms with E-state index in [0.29, 0.717) is 19.8 Å². The van der Waals surface area contributed by atoms with E-state index < -0.39 is 0 Å². The Bertz CT molecular complexity index is 319. The van der Waals surface area contributed by atoms with E-state index in [9.17, 15) is 9.59 Å². The topological polar surface area (TPSA) is 49.9 Å². The molecule has 5 heteroatoms. The lowest BCUT2D eigenvalue weighted by Crippen LogP contribution is -2.62. The SMILES string of the molecule is CCOCCN1C(=O)C2CCCN2C(=O)C1C. The molecule has 2 aliphatic heterocycles. The number of nitrogens with zero attached hydrogens (tertiary/aromatic N) is 2. The van der Waals surface area contributed by atoms with Crippen LogP contribution in [0.3, 0.4) is 0 Å². The molecular formula is C12H20N2O3. The molecule has 2 heterocycles. The average Bonchev–Trinajstić information content (AvgIpc) is 2.80. The highest BCUT2D eigenvalue weighted by atomic mass is 16.5. The van der Waals surface area contributed by atoms with Crippen molar-refractivity contribution in [1.29, 1.82) is 0 Å². The highest BCUT2D eigenvalue weighted by Crippen LogP contribution is 2.26. The standard InChI is InChI=1S/C12H20N2O3/c1-3-17-8-7-13-9(2)11(15)14-6-4-5-10(14)12(13)16/h9-10H,3-8H2,1-2H3. The van der Waals surface area contributed by atoms with E-state index in [4.69, 9.17) is 4.74 Å². The zero-order valence-electron chi connectivity index (χ0n) is 10.5. The lowest BCUT2D eigenvalue weighted by atomic mass is 10.1. The van der Waals surface area contributed by atoms with Gasteiger partial charge in [-0.15, -0.1) is 0 Å². The molecule has 0 aromatic heterocycles. The number of rotatable bonds is 4. The van der Waals surface area contributed by atoms with Gasteiger partial charge >= 0.3 is 0 Å². The van der Waals surface area contributed by atoms with Crippen molar-refractivity contribution < 1.29 is 14.3 Å². The normalized spacial score (nSPS) is 28.8. The quantitative estimate of drug-likeness (QED) is 0.662. The van der Waals surface area contributed by atoms with Gasteiger partial charge in [0.25, 0.3) is 0 Å². The van der Waals surface area contributed by atoms with Gasteiger partial charge in [0.05, 0.1) is 6.61 Å². The predicted octanol–water partition coefficient (Wildman–Crippen LogP) is 0.245. The van der Waals surface area contributed by atoms with Crippen LogP contribution in [0.5, 0.6) is 0 Å². The van der Waals surface area contributed by atoms with Gasteiger partial charge < -0.3 is 14.5 Å². The predicted molar refractivity (Wildman–Crippen MR) is 62.4 cm³/mol. The van der Waals surface area contributed by atoms with Crippen LogP contribution >= 0.6 is 0 Å². The first-order valence-electron chi connectivity index (χ1n) is 6.35. The van der Waals surface area contributed by atoms with Crippen LogP contribution in [-0.2, 0) is 14.3 Å². The molecule has 2 atom stereocenters. The molecule has 2 amide bonds. The summed E-state index contributed by atoms with van der Waals surface area (Å²) >= 11 is 0. The molecule has 0 aromatic carbocycles. The van der Waals surface area contributed by atoms with E-state index >= 15 is 0 Å². The summed E-state index contributed by atoms with van der Waals surface area (Å²) in [5.74, 6) is 0.179. The van der Waals surface area contributed by atoms with Crippen molar-refractivity contribution in [2.24, 2.45) is 0 Å². The Kier molecular flexibility index (Phi) is 3.66. The zero-order valence-corrected chi connectivity index (χ0v) is 10.5. The second kappa shape index (κ2) is 5.04. The van der Waals surface area contributed by atoms with Crippen LogP contribution < -0.4 is 0 Å². The fraction of sp³-hybridized carbons (Fsp3) is 0.833. The minimum Gasteiger partial charge on any atom is -0.380 e. The van der Waals surface area contributed by atoms with E-state index in [2.05, 4.69) is 0 Å². The number of ether oxygens (including phenoxy) is 1. The van der Waals surface area contributed by atoms with Crippen LogP contribution in [0.4, 0.5) is 0 Å². The molecule has 2 rings (SSSR count). The number of fused-ring (bicyclic) bond motifs is 1. The van der Waals surface area contributed by atoms with Crippen molar-refractivity contribution in [3.63, 3.8) is 0 Å². The monoisotopic (exact) mass is 240 g/mol. The Morgan fingerprint density at radius 1 is 1.35 bits per heavy atom. The van der Waals surface area contributed by atoms with Crippen molar-refractivity contribution in [2.45, 2.75) is 38.8 Å². The van der Waals surface area contributed by atoms with E-state index in [-0.39, 0.29) is 23.9 Å². The van der Waals surface area contributed by atoms with Crippen molar-refractivity contribution in [3.05, 3.63) is 0 Å². The molecule has 2 fully saturated rings. The molecule has 0 radical (unpaired) electrons. The third kappa shape index (κ3) is 2.16. The Hall–Kier alpha value is -1.10. The Labute approximate surface area is 102 Å². The summed E-state index contributed by atoms with van der Waals surface area (Å²) in [5, 5.41) is 0. The van der Waals surface area contributed by atoms with Crippen LogP contribution in [0.15, 0.2) is 0 Å². The van der Waals surface area contributed by atoms with Gasteiger partial charge in [0.1, 0.15) is 12.1 Å². The smallest absolute Gasteiger partial charge is 0.246 e. The summed E-state index contributed by atoms with van der Waals surface area (Å²) in [6, 6.07) is -0.544. The fourth-order valence-electron chi connectivity index (χ4n) is 2.65. The maximum absolute atomic E-state index is 12.2. The highest BCUT2D eigenvalue weighted by molar-refractivity contribution is 5.97. The van der Waals surface area contributed by atoms with Crippen LogP contribution in [0.1, 0.15) is 26.7 Å². The minimum atomic E-state index is -0.336. The molecule has 2 aliphatic rings. The molecule has 0 spiro atoms. The molecule has 0 aliphatic carbocycles. The van der Waals surface area contributed by atoms with Gasteiger partial charge in [0, 0.05) is 19.7 Å². The van der Waals surface area contributed by atoms with Gasteiger partial charge in [0.15, 0.2) is 0 Å². The van der Waals surface area contributed by atoms with E-state index in [1.54, 1.807) is 16.7 Å². The van der Waals surface area contributed by atoms with E-state index in [0.717, 1.165) is 19.4 Å². The molecule has 96 valence electrons. The molecule has 0 N–H and O–H groups in total. The summed E-state index contributed by atoms with van der Waals surface area (Å²) in [5.41, 5.74) is 0. The number of carbonyl (C=O) groups excluding carboxylic acids is 2. The summed E-state index contributed by atoms with van der Waals surface area (Å²) in [7, 11) is 0. The zero-order chi connectivity index (χ0) is 12.4. The molecule has 5 nitrogen and oxygen atoms in total. The molecular weight excluding hydrogens is 220 g/mol. The van der Waals surface area contributed by atoms with Crippen LogP contribution in [0.25, 0.3) is 0 Å². The van der Waals surface area contributed by atoms with Crippen molar-refractivity contribution in [2.75, 3.05) is 26.3 Å². The van der Waals surface area contributed by atoms with Crippen LogP contribution in [0.2, 0.25) is 0 Å². The van der Waals surface area contributed by atoms with Crippen molar-refractivity contribution in [1.82, 2.24) is 9.80 Å². The number of hydrogen-bond acceptors (Lipinski definition) is 3. The second-order valence-electron chi connectivity index (χ2n) is 4.59. The molecule has 2 unspecified atom stereocenters. The Balaban J connectivity index is 2.05. The summed E-state index contributed by atoms with van der Waals surface area (Å²) in [4.78, 5) is 27.7. The van der Waals surface area contributed by atoms with Crippen molar-refractivity contribution >= 4 is 11.8 Å². The van der Waals surface area contributed by atoms with Gasteiger partial charge in [-0.3, -0.25) is 9.59 Å². The van der Waals surface area contributed by atoms with Gasteiger partial charge in [0.2, 0.25) is 11.8 Å². The van der Waals surface area contributed by atoms with Gasteiger partial charge in [-0.2, -0.15) is 0 Å². The van der Waals surface area contributed by atoms with Crippen LogP contribution in [-0.4, -0.2) is 60.0 Å². The van der Waals surface area contributed by atoms with Gasteiger partial charge in [-0.1, -0.05) is 0 Å². The fourth-order valence-corrected chi connectivity index (χ4v) is 2.65. The largest absolute Gasteiger partial charge is 0.380 e. The lowest BCUT2D eigenvalue weighted by molar-refractivity contribution is -0.159. The summed E-state index contributed by atoms with van der Waals surface area (Å²) in [6.45, 7) is 6.13. The number of carbonyl (C=O) groups is 2. The molecule has 0 bridgehead atoms. The molecule has 0 saturated carbocycles. The van der Waals surface area contributed by atoms with Gasteiger partial charge in [-0.25, -0.2) is 0 Å². The van der Waals surface area contributed by atoms with E-state index in [1.165, 1.54) is 0 Å². The first-order chi connectivity index (χ1) is 8.16. The molecule has 17 heavy (non-hydrogen) atoms. The first kappa shape index (κ1) is 12.4. The average molecular weight is 240 g/mol. The van der Waals surface area contributed by atoms with Gasteiger partial charge in [-0.05, 0) is 26.7 Å². The second-order valence-corrected chi connectivity index (χ2v) is 4.59. The third-order valence-electron chi connectivity index (χ3n) is 3.61. The number of hydrogen-bond donors (Lipinski definition) is 0. The summed E-state index contributed by atoms with van der Waals surface area (Å²) < 4.78 is 5.26. The highest BCUT2D eigenvalue weighted by Gasteiger charge is 2.45. The summed E-state index contributed by atoms with van der Waals surface area (Å²) in [6.07, 6.45) is 1.75. The lowest BCUT2D eigenvalue weighted by Gasteiger charge is -2.40.